The first kappa shape index (κ1) is 19.1. The van der Waals surface area contributed by atoms with Crippen LogP contribution >= 0.6 is 0 Å². The van der Waals surface area contributed by atoms with Gasteiger partial charge >= 0.3 is 5.97 Å². The van der Waals surface area contributed by atoms with Crippen LogP contribution in [0.3, 0.4) is 0 Å². The Hall–Kier alpha value is -3.28. The molecule has 0 saturated carbocycles. The summed E-state index contributed by atoms with van der Waals surface area (Å²) in [7, 11) is 3.09. The van der Waals surface area contributed by atoms with E-state index in [9.17, 15) is 9.59 Å². The van der Waals surface area contributed by atoms with E-state index in [0.29, 0.717) is 22.7 Å². The van der Waals surface area contributed by atoms with Crippen molar-refractivity contribution in [2.24, 2.45) is 0 Å². The number of amides is 1. The molecular formula is C20H21NO5. The SMILES string of the molecule is COc1ccc(C=CC(=O)OCC(=O)Nc2ccccc2C)c(OC)c1. The molecule has 0 radical (unpaired) electrons. The van der Waals surface area contributed by atoms with Crippen molar-refractivity contribution < 1.29 is 23.8 Å². The van der Waals surface area contributed by atoms with Gasteiger partial charge in [0.25, 0.3) is 5.91 Å². The molecular weight excluding hydrogens is 334 g/mol. The van der Waals surface area contributed by atoms with Gasteiger partial charge in [0.15, 0.2) is 6.61 Å². The summed E-state index contributed by atoms with van der Waals surface area (Å²) in [6.07, 6.45) is 2.80. The Morgan fingerprint density at radius 3 is 2.54 bits per heavy atom. The third kappa shape index (κ3) is 5.37. The number of carbonyl (C=O) groups is 2. The van der Waals surface area contributed by atoms with Crippen LogP contribution in [0.2, 0.25) is 0 Å². The van der Waals surface area contributed by atoms with E-state index < -0.39 is 11.9 Å². The number of aryl methyl sites for hydroxylation is 1. The van der Waals surface area contributed by atoms with Crippen molar-refractivity contribution in [1.82, 2.24) is 0 Å². The average Bonchev–Trinajstić information content (AvgIpc) is 2.66. The predicted molar refractivity (Wildman–Crippen MR) is 99.3 cm³/mol. The van der Waals surface area contributed by atoms with Crippen LogP contribution in [-0.4, -0.2) is 32.7 Å². The zero-order valence-corrected chi connectivity index (χ0v) is 14.9. The zero-order valence-electron chi connectivity index (χ0n) is 14.9. The Morgan fingerprint density at radius 1 is 1.08 bits per heavy atom. The molecule has 2 aromatic rings. The van der Waals surface area contributed by atoms with Gasteiger partial charge in [0, 0.05) is 23.4 Å². The molecule has 0 aliphatic carbocycles. The molecule has 0 bridgehead atoms. The summed E-state index contributed by atoms with van der Waals surface area (Å²) in [5.74, 6) is 0.186. The normalized spacial score (nSPS) is 10.4. The van der Waals surface area contributed by atoms with Crippen molar-refractivity contribution >= 4 is 23.6 Å². The lowest BCUT2D eigenvalue weighted by atomic mass is 10.2. The van der Waals surface area contributed by atoms with Crippen LogP contribution in [0.1, 0.15) is 11.1 Å². The largest absolute Gasteiger partial charge is 0.497 e. The number of methoxy groups -OCH3 is 2. The first-order valence-electron chi connectivity index (χ1n) is 7.96. The minimum Gasteiger partial charge on any atom is -0.497 e. The van der Waals surface area contributed by atoms with E-state index >= 15 is 0 Å². The van der Waals surface area contributed by atoms with E-state index in [1.54, 1.807) is 37.5 Å². The minimum atomic E-state index is -0.622. The van der Waals surface area contributed by atoms with Crippen LogP contribution in [0, 0.1) is 6.92 Å². The first-order valence-corrected chi connectivity index (χ1v) is 7.96. The molecule has 0 saturated heterocycles. The lowest BCUT2D eigenvalue weighted by molar-refractivity contribution is -0.142. The standard InChI is InChI=1S/C20H21NO5/c1-14-6-4-5-7-17(14)21-19(22)13-26-20(23)11-9-15-8-10-16(24-2)12-18(15)25-3/h4-12H,13H2,1-3H3,(H,21,22). The quantitative estimate of drug-likeness (QED) is 0.610. The molecule has 26 heavy (non-hydrogen) atoms. The molecule has 0 aromatic heterocycles. The number of para-hydroxylation sites is 1. The summed E-state index contributed by atoms with van der Waals surface area (Å²) in [5.41, 5.74) is 2.31. The second-order valence-corrected chi connectivity index (χ2v) is 5.41. The number of ether oxygens (including phenoxy) is 3. The highest BCUT2D eigenvalue weighted by molar-refractivity contribution is 5.95. The van der Waals surface area contributed by atoms with Gasteiger partial charge in [-0.2, -0.15) is 0 Å². The van der Waals surface area contributed by atoms with Gasteiger partial charge < -0.3 is 19.5 Å². The maximum atomic E-state index is 11.9. The Balaban J connectivity index is 1.89. The van der Waals surface area contributed by atoms with E-state index in [0.717, 1.165) is 5.56 Å². The topological polar surface area (TPSA) is 73.9 Å². The molecule has 0 unspecified atom stereocenters. The molecule has 0 aliphatic rings. The molecule has 0 heterocycles. The number of nitrogens with one attached hydrogen (secondary N) is 1. The number of benzene rings is 2. The Kier molecular flexibility index (Phi) is 6.79. The van der Waals surface area contributed by atoms with E-state index in [1.807, 2.05) is 25.1 Å². The number of hydrogen-bond donors (Lipinski definition) is 1. The highest BCUT2D eigenvalue weighted by atomic mass is 16.5. The summed E-state index contributed by atoms with van der Waals surface area (Å²) < 4.78 is 15.3. The summed E-state index contributed by atoms with van der Waals surface area (Å²) >= 11 is 0. The van der Waals surface area contributed by atoms with Gasteiger partial charge in [-0.05, 0) is 36.8 Å². The summed E-state index contributed by atoms with van der Waals surface area (Å²) in [4.78, 5) is 23.7. The number of carbonyl (C=O) groups excluding carboxylic acids is 2. The molecule has 2 aromatic carbocycles. The maximum Gasteiger partial charge on any atom is 0.331 e. The first-order chi connectivity index (χ1) is 12.5. The van der Waals surface area contributed by atoms with Crippen LogP contribution < -0.4 is 14.8 Å². The summed E-state index contributed by atoms with van der Waals surface area (Å²) in [6.45, 7) is 1.52. The van der Waals surface area contributed by atoms with E-state index in [-0.39, 0.29) is 6.61 Å². The molecule has 1 amide bonds. The van der Waals surface area contributed by atoms with Crippen molar-refractivity contribution in [1.29, 1.82) is 0 Å². The number of anilines is 1. The van der Waals surface area contributed by atoms with Crippen LogP contribution in [-0.2, 0) is 14.3 Å². The van der Waals surface area contributed by atoms with Gasteiger partial charge in [0.2, 0.25) is 0 Å². The average molecular weight is 355 g/mol. The molecule has 2 rings (SSSR count). The van der Waals surface area contributed by atoms with Crippen molar-refractivity contribution in [3.8, 4) is 11.5 Å². The van der Waals surface area contributed by atoms with Crippen molar-refractivity contribution in [2.75, 3.05) is 26.1 Å². The third-order valence-corrected chi connectivity index (χ3v) is 3.60. The van der Waals surface area contributed by atoms with Crippen molar-refractivity contribution in [3.63, 3.8) is 0 Å². The molecule has 0 fully saturated rings. The zero-order chi connectivity index (χ0) is 18.9. The molecule has 6 heteroatoms. The van der Waals surface area contributed by atoms with Crippen LogP contribution in [0.25, 0.3) is 6.08 Å². The van der Waals surface area contributed by atoms with Gasteiger partial charge in [-0.3, -0.25) is 4.79 Å². The highest BCUT2D eigenvalue weighted by Crippen LogP contribution is 2.25. The molecule has 0 aliphatic heterocycles. The van der Waals surface area contributed by atoms with Gasteiger partial charge in [-0.1, -0.05) is 18.2 Å². The number of rotatable bonds is 7. The second kappa shape index (κ2) is 9.27. The van der Waals surface area contributed by atoms with E-state index in [2.05, 4.69) is 5.32 Å². The smallest absolute Gasteiger partial charge is 0.331 e. The maximum absolute atomic E-state index is 11.9. The fourth-order valence-corrected chi connectivity index (χ4v) is 2.20. The fraction of sp³-hybridized carbons (Fsp3) is 0.200. The lowest BCUT2D eigenvalue weighted by Gasteiger charge is -2.08. The van der Waals surface area contributed by atoms with E-state index in [4.69, 9.17) is 14.2 Å². The Morgan fingerprint density at radius 2 is 1.85 bits per heavy atom. The monoisotopic (exact) mass is 355 g/mol. The second-order valence-electron chi connectivity index (χ2n) is 5.41. The van der Waals surface area contributed by atoms with E-state index in [1.165, 1.54) is 13.2 Å². The number of esters is 1. The van der Waals surface area contributed by atoms with Crippen molar-refractivity contribution in [2.45, 2.75) is 6.92 Å². The highest BCUT2D eigenvalue weighted by Gasteiger charge is 2.08. The molecule has 136 valence electrons. The van der Waals surface area contributed by atoms with Gasteiger partial charge in [-0.25, -0.2) is 4.79 Å². The number of hydrogen-bond acceptors (Lipinski definition) is 5. The minimum absolute atomic E-state index is 0.364. The third-order valence-electron chi connectivity index (χ3n) is 3.60. The van der Waals surface area contributed by atoms with Crippen LogP contribution in [0.15, 0.2) is 48.5 Å². The summed E-state index contributed by atoms with van der Waals surface area (Å²) in [5, 5.41) is 2.70. The van der Waals surface area contributed by atoms with Crippen LogP contribution in [0.4, 0.5) is 5.69 Å². The molecule has 0 spiro atoms. The lowest BCUT2D eigenvalue weighted by Crippen LogP contribution is -2.20. The van der Waals surface area contributed by atoms with Gasteiger partial charge in [0.05, 0.1) is 14.2 Å². The Labute approximate surface area is 152 Å². The molecule has 1 N–H and O–H groups in total. The van der Waals surface area contributed by atoms with Gasteiger partial charge in [-0.15, -0.1) is 0 Å². The Bertz CT molecular complexity index is 814. The fourth-order valence-electron chi connectivity index (χ4n) is 2.20. The molecule has 6 nitrogen and oxygen atoms in total. The molecule has 0 atom stereocenters. The van der Waals surface area contributed by atoms with Crippen molar-refractivity contribution in [3.05, 3.63) is 59.7 Å². The predicted octanol–water partition coefficient (Wildman–Crippen LogP) is 3.21. The van der Waals surface area contributed by atoms with Gasteiger partial charge in [0.1, 0.15) is 11.5 Å². The summed E-state index contributed by atoms with van der Waals surface area (Å²) in [6, 6.07) is 12.6. The van der Waals surface area contributed by atoms with Crippen LogP contribution in [0.5, 0.6) is 11.5 Å².